The van der Waals surface area contributed by atoms with Crippen LogP contribution in [0.3, 0.4) is 0 Å². The van der Waals surface area contributed by atoms with Gasteiger partial charge in [-0.3, -0.25) is 4.79 Å². The van der Waals surface area contributed by atoms with Gasteiger partial charge in [-0.25, -0.2) is 8.78 Å². The Morgan fingerprint density at radius 2 is 2.03 bits per heavy atom. The topological polar surface area (TPSA) is 76.4 Å². The highest BCUT2D eigenvalue weighted by atomic mass is 19.1. The van der Waals surface area contributed by atoms with Crippen LogP contribution in [0, 0.1) is 11.6 Å². The molecule has 2 N–H and O–H groups in total. The molecule has 0 saturated carbocycles. The van der Waals surface area contributed by atoms with Crippen LogP contribution in [0.25, 0.3) is 0 Å². The fourth-order valence-corrected chi connectivity index (χ4v) is 4.09. The second-order valence-electron chi connectivity index (χ2n) is 8.02. The number of fused-ring (bicyclic) bond motifs is 1. The number of halogens is 2. The molecule has 2 atom stereocenters. The zero-order valence-electron chi connectivity index (χ0n) is 18.2. The van der Waals surface area contributed by atoms with Crippen molar-refractivity contribution < 1.29 is 22.7 Å². The van der Waals surface area contributed by atoms with E-state index in [9.17, 15) is 13.6 Å². The highest BCUT2D eigenvalue weighted by molar-refractivity contribution is 5.92. The number of benzene rings is 2. The molecular formula is C24H25F2N3O3. The first-order chi connectivity index (χ1) is 15.4. The fourth-order valence-electron chi connectivity index (χ4n) is 4.09. The lowest BCUT2D eigenvalue weighted by Gasteiger charge is -2.23. The van der Waals surface area contributed by atoms with Gasteiger partial charge < -0.3 is 19.8 Å². The summed E-state index contributed by atoms with van der Waals surface area (Å²) in [5.74, 6) is -0.876. The monoisotopic (exact) mass is 441 g/mol. The molecule has 4 rings (SSSR count). The van der Waals surface area contributed by atoms with Gasteiger partial charge in [0.1, 0.15) is 29.3 Å². The molecule has 6 nitrogen and oxygen atoms in total. The van der Waals surface area contributed by atoms with E-state index in [0.29, 0.717) is 11.7 Å². The average molecular weight is 441 g/mol. The lowest BCUT2D eigenvalue weighted by molar-refractivity contribution is 0.0934. The summed E-state index contributed by atoms with van der Waals surface area (Å²) >= 11 is 0. The molecule has 0 fully saturated rings. The molecule has 2 unspecified atom stereocenters. The number of hydrogen-bond acceptors (Lipinski definition) is 5. The third-order valence-electron chi connectivity index (χ3n) is 5.84. The number of nitrogens with zero attached hydrogens (tertiary/aromatic N) is 1. The van der Waals surface area contributed by atoms with E-state index in [2.05, 4.69) is 28.6 Å². The number of rotatable bonds is 6. The van der Waals surface area contributed by atoms with Crippen molar-refractivity contribution in [3.63, 3.8) is 0 Å². The second-order valence-corrected chi connectivity index (χ2v) is 8.02. The largest absolute Gasteiger partial charge is 0.416 e. The van der Waals surface area contributed by atoms with Crippen molar-refractivity contribution in [2.45, 2.75) is 45.1 Å². The van der Waals surface area contributed by atoms with Gasteiger partial charge >= 0.3 is 6.08 Å². The Morgan fingerprint density at radius 1 is 1.28 bits per heavy atom. The van der Waals surface area contributed by atoms with E-state index >= 15 is 0 Å². The Labute approximate surface area is 185 Å². The van der Waals surface area contributed by atoms with Crippen molar-refractivity contribution in [1.29, 1.82) is 0 Å². The van der Waals surface area contributed by atoms with Gasteiger partial charge in [-0.05, 0) is 67.0 Å². The van der Waals surface area contributed by atoms with E-state index < -0.39 is 23.6 Å². The zero-order valence-corrected chi connectivity index (χ0v) is 18.2. The van der Waals surface area contributed by atoms with Gasteiger partial charge in [0, 0.05) is 7.05 Å². The predicted octanol–water partition coefficient (Wildman–Crippen LogP) is 5.72. The first-order valence-corrected chi connectivity index (χ1v) is 10.6. The molecule has 1 amide bonds. The molecule has 1 heterocycles. The first-order valence-electron chi connectivity index (χ1n) is 10.6. The molecule has 1 aliphatic rings. The van der Waals surface area contributed by atoms with Crippen molar-refractivity contribution in [2.75, 3.05) is 12.4 Å². The summed E-state index contributed by atoms with van der Waals surface area (Å²) in [6.45, 7) is 3.82. The van der Waals surface area contributed by atoms with Crippen LogP contribution in [0.5, 0.6) is 11.8 Å². The van der Waals surface area contributed by atoms with Crippen molar-refractivity contribution in [2.24, 2.45) is 0 Å². The summed E-state index contributed by atoms with van der Waals surface area (Å²) in [6.07, 6.45) is 4.30. The van der Waals surface area contributed by atoms with Gasteiger partial charge in [-0.15, -0.1) is 0 Å². The van der Waals surface area contributed by atoms with Gasteiger partial charge in [-0.1, -0.05) is 19.1 Å². The number of anilines is 1. The van der Waals surface area contributed by atoms with Crippen LogP contribution in [0.2, 0.25) is 0 Å². The zero-order chi connectivity index (χ0) is 22.8. The van der Waals surface area contributed by atoms with Gasteiger partial charge in [0.2, 0.25) is 0 Å². The van der Waals surface area contributed by atoms with E-state index in [-0.39, 0.29) is 23.0 Å². The third kappa shape index (κ3) is 4.30. The maximum atomic E-state index is 14.0. The number of ether oxygens (including phenoxy) is 1. The third-order valence-corrected chi connectivity index (χ3v) is 5.84. The van der Waals surface area contributed by atoms with Crippen LogP contribution in [0.15, 0.2) is 41.0 Å². The number of carbonyl (C=O) groups excluding carboxylic acids is 1. The summed E-state index contributed by atoms with van der Waals surface area (Å²) < 4.78 is 39.2. The van der Waals surface area contributed by atoms with E-state index in [1.54, 1.807) is 6.92 Å². The highest BCUT2D eigenvalue weighted by Gasteiger charge is 2.22. The van der Waals surface area contributed by atoms with Crippen LogP contribution in [-0.2, 0) is 6.42 Å². The molecule has 2 aromatic carbocycles. The minimum absolute atomic E-state index is 0.0119. The van der Waals surface area contributed by atoms with Gasteiger partial charge in [-0.2, -0.15) is 4.98 Å². The van der Waals surface area contributed by atoms with Crippen molar-refractivity contribution in [3.8, 4) is 11.8 Å². The van der Waals surface area contributed by atoms with Crippen molar-refractivity contribution >= 4 is 11.6 Å². The number of oxazole rings is 1. The minimum Gasteiger partial charge on any atom is -0.416 e. The Kier molecular flexibility index (Phi) is 6.12. The molecule has 0 aliphatic heterocycles. The normalized spacial score (nSPS) is 16.2. The van der Waals surface area contributed by atoms with Crippen LogP contribution in [0.1, 0.15) is 65.8 Å². The summed E-state index contributed by atoms with van der Waals surface area (Å²) in [6, 6.07) is 7.61. The Bertz CT molecular complexity index is 1120. The van der Waals surface area contributed by atoms with Crippen LogP contribution in [0.4, 0.5) is 14.5 Å². The second kappa shape index (κ2) is 8.98. The fraction of sp³-hybridized carbons (Fsp3) is 0.333. The minimum atomic E-state index is -0.735. The van der Waals surface area contributed by atoms with Crippen LogP contribution < -0.4 is 15.4 Å². The molecule has 1 aromatic heterocycles. The quantitative estimate of drug-likeness (QED) is 0.512. The summed E-state index contributed by atoms with van der Waals surface area (Å²) in [5, 5.41) is 5.13. The van der Waals surface area contributed by atoms with Crippen LogP contribution in [-0.4, -0.2) is 17.9 Å². The van der Waals surface area contributed by atoms with Crippen LogP contribution >= 0.6 is 0 Å². The van der Waals surface area contributed by atoms with E-state index in [1.165, 1.54) is 31.0 Å². The maximum Gasteiger partial charge on any atom is 0.399 e. The van der Waals surface area contributed by atoms with Crippen molar-refractivity contribution in [1.82, 2.24) is 10.3 Å². The van der Waals surface area contributed by atoms with E-state index in [4.69, 9.17) is 9.15 Å². The molecule has 0 spiro atoms. The Balaban J connectivity index is 1.46. The summed E-state index contributed by atoms with van der Waals surface area (Å²) in [7, 11) is 1.43. The summed E-state index contributed by atoms with van der Waals surface area (Å²) in [5.41, 5.74) is 2.48. The Hall–Kier alpha value is -3.42. The molecule has 3 aromatic rings. The lowest BCUT2D eigenvalue weighted by Crippen LogP contribution is -2.27. The number of hydrogen-bond donors (Lipinski definition) is 2. The highest BCUT2D eigenvalue weighted by Crippen LogP contribution is 2.37. The van der Waals surface area contributed by atoms with E-state index in [1.807, 2.05) is 12.1 Å². The first kappa shape index (κ1) is 21.8. The number of nitrogens with one attached hydrogen (secondary N) is 2. The predicted molar refractivity (Wildman–Crippen MR) is 116 cm³/mol. The number of carbonyl (C=O) groups is 1. The molecule has 8 heteroatoms. The van der Waals surface area contributed by atoms with Crippen molar-refractivity contribution in [3.05, 3.63) is 70.6 Å². The van der Waals surface area contributed by atoms with Gasteiger partial charge in [0.25, 0.3) is 5.91 Å². The van der Waals surface area contributed by atoms with Gasteiger partial charge in [0.05, 0.1) is 6.04 Å². The molecule has 0 saturated heterocycles. The number of amides is 1. The summed E-state index contributed by atoms with van der Waals surface area (Å²) in [4.78, 5) is 16.7. The molecule has 0 bridgehead atoms. The molecule has 32 heavy (non-hydrogen) atoms. The standard InChI is InChI=1S/C24H25F2N3O3/c1-13-6-4-8-17-16(13)7-5-9-21(17)32-24-29-20(12-31-24)23(30)28-14(2)15-10-18(25)22(27-3)19(26)11-15/h5,7,9-14,27H,4,6,8H2,1-3H3,(H,28,30). The molecule has 0 radical (unpaired) electrons. The smallest absolute Gasteiger partial charge is 0.399 e. The molecule has 168 valence electrons. The van der Waals surface area contributed by atoms with Gasteiger partial charge in [0.15, 0.2) is 5.69 Å². The Morgan fingerprint density at radius 3 is 2.75 bits per heavy atom. The lowest BCUT2D eigenvalue weighted by atomic mass is 9.83. The molecular weight excluding hydrogens is 416 g/mol. The maximum absolute atomic E-state index is 14.0. The molecule has 1 aliphatic carbocycles. The number of aromatic nitrogens is 1. The van der Waals surface area contributed by atoms with E-state index in [0.717, 1.165) is 24.8 Å². The average Bonchev–Trinajstić information content (AvgIpc) is 3.23. The SMILES string of the molecule is CNc1c(F)cc(C(C)NC(=O)c2coc(Oc3cccc4c3CCCC4C)n2)cc1F.